The Hall–Kier alpha value is -1.60. The Balaban J connectivity index is 1.64. The van der Waals surface area contributed by atoms with Gasteiger partial charge in [-0.25, -0.2) is 4.79 Å². The van der Waals surface area contributed by atoms with E-state index in [0.717, 1.165) is 6.42 Å². The van der Waals surface area contributed by atoms with Crippen LogP contribution in [-0.4, -0.2) is 55.5 Å². The molecular formula is C24H39NO5Si. The van der Waals surface area contributed by atoms with E-state index in [-0.39, 0.29) is 23.0 Å². The van der Waals surface area contributed by atoms with E-state index < -0.39 is 19.5 Å². The van der Waals surface area contributed by atoms with Crippen molar-refractivity contribution in [3.8, 4) is 0 Å². The topological polar surface area (TPSA) is 65.1 Å². The Morgan fingerprint density at radius 1 is 1.16 bits per heavy atom. The van der Waals surface area contributed by atoms with Crippen molar-refractivity contribution in [1.82, 2.24) is 4.90 Å². The van der Waals surface area contributed by atoms with Crippen molar-refractivity contribution in [3.63, 3.8) is 0 Å². The van der Waals surface area contributed by atoms with Gasteiger partial charge in [-0.1, -0.05) is 20.8 Å². The smallest absolute Gasteiger partial charge is 0.410 e. The normalized spacial score (nSPS) is 24.2. The Labute approximate surface area is 188 Å². The maximum absolute atomic E-state index is 13.1. The first-order valence-corrected chi connectivity index (χ1v) is 14.3. The number of carbonyl (C=O) groups excluding carboxylic acids is 2. The average Bonchev–Trinajstić information content (AvgIpc) is 2.60. The van der Waals surface area contributed by atoms with Crippen LogP contribution in [0.3, 0.4) is 0 Å². The van der Waals surface area contributed by atoms with Gasteiger partial charge in [0.1, 0.15) is 17.0 Å². The van der Waals surface area contributed by atoms with Crippen molar-refractivity contribution in [3.05, 3.63) is 23.5 Å². The summed E-state index contributed by atoms with van der Waals surface area (Å²) in [6, 6.07) is 0. The second-order valence-electron chi connectivity index (χ2n) is 11.7. The lowest BCUT2D eigenvalue weighted by Crippen LogP contribution is -2.52. The molecule has 1 spiro atoms. The number of hydrogen-bond acceptors (Lipinski definition) is 5. The van der Waals surface area contributed by atoms with Gasteiger partial charge in [0, 0.05) is 25.9 Å². The molecule has 0 aromatic rings. The van der Waals surface area contributed by atoms with Gasteiger partial charge in [0.25, 0.3) is 0 Å². The maximum Gasteiger partial charge on any atom is 0.410 e. The highest BCUT2D eigenvalue weighted by molar-refractivity contribution is 6.74. The van der Waals surface area contributed by atoms with Gasteiger partial charge in [-0.3, -0.25) is 4.79 Å². The molecule has 1 atom stereocenters. The zero-order valence-electron chi connectivity index (χ0n) is 20.5. The highest BCUT2D eigenvalue weighted by Gasteiger charge is 2.47. The molecule has 0 N–H and O–H groups in total. The number of nitrogens with zero attached hydrogens (tertiary/aromatic N) is 1. The maximum atomic E-state index is 13.1. The molecule has 1 aliphatic carbocycles. The fourth-order valence-electron chi connectivity index (χ4n) is 3.99. The molecular weight excluding hydrogens is 410 g/mol. The van der Waals surface area contributed by atoms with E-state index >= 15 is 0 Å². The van der Waals surface area contributed by atoms with Crippen LogP contribution in [0, 0.1) is 0 Å². The summed E-state index contributed by atoms with van der Waals surface area (Å²) in [7, 11) is -1.92. The summed E-state index contributed by atoms with van der Waals surface area (Å²) in [5.74, 6) is 0.809. The van der Waals surface area contributed by atoms with Crippen LogP contribution in [0.4, 0.5) is 4.79 Å². The van der Waals surface area contributed by atoms with Crippen LogP contribution in [-0.2, 0) is 18.7 Å². The number of allylic oxidation sites excluding steroid dienone is 1. The first kappa shape index (κ1) is 24.0. The van der Waals surface area contributed by atoms with Gasteiger partial charge in [-0.05, 0) is 57.5 Å². The van der Waals surface area contributed by atoms with E-state index in [0.29, 0.717) is 43.7 Å². The molecule has 7 heteroatoms. The van der Waals surface area contributed by atoms with Crippen molar-refractivity contribution in [1.29, 1.82) is 0 Å². The van der Waals surface area contributed by atoms with Gasteiger partial charge >= 0.3 is 6.09 Å². The van der Waals surface area contributed by atoms with Crippen molar-refractivity contribution in [2.24, 2.45) is 0 Å². The Bertz CT molecular complexity index is 792. The zero-order chi connectivity index (χ0) is 23.2. The summed E-state index contributed by atoms with van der Waals surface area (Å²) in [5.41, 5.74) is -0.374. The molecule has 31 heavy (non-hydrogen) atoms. The first-order valence-electron chi connectivity index (χ1n) is 11.4. The zero-order valence-corrected chi connectivity index (χ0v) is 21.5. The molecule has 2 heterocycles. The van der Waals surface area contributed by atoms with Crippen molar-refractivity contribution in [2.75, 3.05) is 13.1 Å². The van der Waals surface area contributed by atoms with E-state index in [1.807, 2.05) is 32.9 Å². The molecule has 0 aromatic heterocycles. The average molecular weight is 450 g/mol. The van der Waals surface area contributed by atoms with Crippen LogP contribution >= 0.6 is 0 Å². The standard InChI is InChI=1S/C24H39NO5Si/c1-22(2,3)29-21(27)25-13-11-24(12-14-25)16-19(26)18-15-17(9-10-20(18)28-24)30-31(7,8)23(4,5)6/h10,15,17H,9,11-14,16H2,1-8H3. The molecule has 2 saturated heterocycles. The third-order valence-corrected chi connectivity index (χ3v) is 11.3. The Kier molecular flexibility index (Phi) is 6.26. The SMILES string of the molecule is CC(C)(C)OC(=O)N1CCC2(CC1)CC(=O)C1=CC(O[Si](C)(C)C(C)(C)C)CC=C1O2. The molecule has 1 amide bonds. The van der Waals surface area contributed by atoms with Crippen molar-refractivity contribution < 1.29 is 23.5 Å². The Morgan fingerprint density at radius 2 is 1.77 bits per heavy atom. The molecule has 3 aliphatic rings. The summed E-state index contributed by atoms with van der Waals surface area (Å²) < 4.78 is 18.4. The number of ketones is 1. The van der Waals surface area contributed by atoms with Crippen LogP contribution in [0.1, 0.15) is 67.2 Å². The van der Waals surface area contributed by atoms with Crippen molar-refractivity contribution >= 4 is 20.2 Å². The van der Waals surface area contributed by atoms with Crippen LogP contribution in [0.5, 0.6) is 0 Å². The second-order valence-corrected chi connectivity index (χ2v) is 16.4. The number of fused-ring (bicyclic) bond motifs is 1. The van der Waals surface area contributed by atoms with E-state index in [9.17, 15) is 9.59 Å². The number of hydrogen-bond donors (Lipinski definition) is 0. The van der Waals surface area contributed by atoms with Crippen LogP contribution in [0.15, 0.2) is 23.5 Å². The van der Waals surface area contributed by atoms with Gasteiger partial charge in [-0.15, -0.1) is 0 Å². The predicted molar refractivity (Wildman–Crippen MR) is 123 cm³/mol. The van der Waals surface area contributed by atoms with Gasteiger partial charge in [0.2, 0.25) is 0 Å². The summed E-state index contributed by atoms with van der Waals surface area (Å²) >= 11 is 0. The van der Waals surface area contributed by atoms with Crippen LogP contribution in [0.25, 0.3) is 0 Å². The summed E-state index contributed by atoms with van der Waals surface area (Å²) in [4.78, 5) is 27.2. The van der Waals surface area contributed by atoms with Gasteiger partial charge in [0.05, 0.1) is 18.1 Å². The lowest BCUT2D eigenvalue weighted by molar-refractivity contribution is -0.130. The van der Waals surface area contributed by atoms with Gasteiger partial charge in [-0.2, -0.15) is 0 Å². The van der Waals surface area contributed by atoms with E-state index in [2.05, 4.69) is 33.9 Å². The number of ether oxygens (including phenoxy) is 2. The third kappa shape index (κ3) is 5.42. The number of amides is 1. The second kappa shape index (κ2) is 8.07. The molecule has 2 aliphatic heterocycles. The molecule has 174 valence electrons. The molecule has 0 radical (unpaired) electrons. The molecule has 6 nitrogen and oxygen atoms in total. The lowest BCUT2D eigenvalue weighted by Gasteiger charge is -2.46. The first-order chi connectivity index (χ1) is 14.1. The highest BCUT2D eigenvalue weighted by Crippen LogP contribution is 2.43. The van der Waals surface area contributed by atoms with Crippen LogP contribution < -0.4 is 0 Å². The highest BCUT2D eigenvalue weighted by atomic mass is 28.4. The minimum atomic E-state index is -1.92. The fraction of sp³-hybridized carbons (Fsp3) is 0.750. The van der Waals surface area contributed by atoms with E-state index in [1.54, 1.807) is 4.90 Å². The van der Waals surface area contributed by atoms with E-state index in [1.165, 1.54) is 0 Å². The molecule has 0 saturated carbocycles. The Morgan fingerprint density at radius 3 is 2.32 bits per heavy atom. The lowest BCUT2D eigenvalue weighted by atomic mass is 9.80. The van der Waals surface area contributed by atoms with E-state index in [4.69, 9.17) is 13.9 Å². The number of rotatable bonds is 2. The molecule has 3 rings (SSSR count). The molecule has 2 fully saturated rings. The monoisotopic (exact) mass is 449 g/mol. The quantitative estimate of drug-likeness (QED) is 0.532. The molecule has 0 bridgehead atoms. The largest absolute Gasteiger partial charge is 0.486 e. The summed E-state index contributed by atoms with van der Waals surface area (Å²) in [6.45, 7) is 17.8. The predicted octanol–water partition coefficient (Wildman–Crippen LogP) is 5.35. The minimum absolute atomic E-state index is 0.0738. The third-order valence-electron chi connectivity index (χ3n) is 6.84. The molecule has 1 unspecified atom stereocenters. The fourth-order valence-corrected chi connectivity index (χ4v) is 5.27. The van der Waals surface area contributed by atoms with Crippen LogP contribution in [0.2, 0.25) is 18.1 Å². The number of likely N-dealkylation sites (tertiary alicyclic amines) is 1. The van der Waals surface area contributed by atoms with Crippen molar-refractivity contribution in [2.45, 2.75) is 103 Å². The number of Topliss-reactive ketones (excluding diaryl/α,β-unsaturated/α-hetero) is 1. The molecule has 0 aromatic carbocycles. The number of carbonyl (C=O) groups is 2. The van der Waals surface area contributed by atoms with Gasteiger partial charge in [0.15, 0.2) is 14.1 Å². The summed E-state index contributed by atoms with van der Waals surface area (Å²) in [5, 5.41) is 0.120. The minimum Gasteiger partial charge on any atom is -0.486 e. The number of piperidine rings is 1. The van der Waals surface area contributed by atoms with Gasteiger partial charge < -0.3 is 18.8 Å². The summed E-state index contributed by atoms with van der Waals surface area (Å²) in [6.07, 6.45) is 5.96.